The number of carbonyl (C=O) groups excluding carboxylic acids is 1. The molecule has 1 unspecified atom stereocenters. The Bertz CT molecular complexity index is 1190. The zero-order chi connectivity index (χ0) is 23.2. The SMILES string of the molecule is Cc1cc(N2C[C@H](S(=O)(=O)CC3CC3)CC2C(=O)NC2(C#N)CC2)n(Cc2ccccc2)n1. The summed E-state index contributed by atoms with van der Waals surface area (Å²) in [6.45, 7) is 2.68. The van der Waals surface area contributed by atoms with Gasteiger partial charge in [-0.05, 0) is 50.5 Å². The molecule has 1 saturated heterocycles. The molecule has 1 aromatic heterocycles. The van der Waals surface area contributed by atoms with Gasteiger partial charge < -0.3 is 10.2 Å². The van der Waals surface area contributed by atoms with Crippen molar-refractivity contribution < 1.29 is 13.2 Å². The van der Waals surface area contributed by atoms with Crippen molar-refractivity contribution in [3.8, 4) is 6.07 Å². The van der Waals surface area contributed by atoms with E-state index in [0.717, 1.165) is 29.9 Å². The van der Waals surface area contributed by atoms with Gasteiger partial charge in [-0.15, -0.1) is 0 Å². The van der Waals surface area contributed by atoms with Crippen LogP contribution in [-0.2, 0) is 21.2 Å². The Balaban J connectivity index is 1.45. The molecule has 2 saturated carbocycles. The molecular formula is C24H29N5O3S. The fourth-order valence-electron chi connectivity index (χ4n) is 4.65. The van der Waals surface area contributed by atoms with Crippen LogP contribution in [0.1, 0.15) is 43.4 Å². The molecule has 9 heteroatoms. The second-order valence-electron chi connectivity index (χ2n) is 9.77. The summed E-state index contributed by atoms with van der Waals surface area (Å²) in [5.41, 5.74) is 1.08. The third kappa shape index (κ3) is 4.62. The van der Waals surface area contributed by atoms with Crippen molar-refractivity contribution >= 4 is 21.6 Å². The summed E-state index contributed by atoms with van der Waals surface area (Å²) in [6, 6.07) is 13.4. The van der Waals surface area contributed by atoms with Crippen LogP contribution in [0.2, 0.25) is 0 Å². The van der Waals surface area contributed by atoms with E-state index < -0.39 is 26.7 Å². The van der Waals surface area contributed by atoms with E-state index in [4.69, 9.17) is 0 Å². The summed E-state index contributed by atoms with van der Waals surface area (Å²) < 4.78 is 28.1. The number of sulfone groups is 1. The van der Waals surface area contributed by atoms with Gasteiger partial charge in [0, 0.05) is 12.6 Å². The predicted octanol–water partition coefficient (Wildman–Crippen LogP) is 2.18. The average Bonchev–Trinajstić information content (AvgIpc) is 3.67. The van der Waals surface area contributed by atoms with Crippen LogP contribution in [0.15, 0.2) is 36.4 Å². The zero-order valence-electron chi connectivity index (χ0n) is 18.8. The maximum Gasteiger partial charge on any atom is 0.244 e. The summed E-state index contributed by atoms with van der Waals surface area (Å²) >= 11 is 0. The zero-order valence-corrected chi connectivity index (χ0v) is 19.6. The number of hydrogen-bond donors (Lipinski definition) is 1. The minimum absolute atomic E-state index is 0.199. The van der Waals surface area contributed by atoms with Crippen molar-refractivity contribution in [1.82, 2.24) is 15.1 Å². The smallest absolute Gasteiger partial charge is 0.244 e. The lowest BCUT2D eigenvalue weighted by atomic mass is 10.1. The lowest BCUT2D eigenvalue weighted by Crippen LogP contribution is -2.48. The molecular weight excluding hydrogens is 438 g/mol. The van der Waals surface area contributed by atoms with Crippen molar-refractivity contribution in [2.24, 2.45) is 5.92 Å². The molecule has 1 aliphatic heterocycles. The molecule has 1 aromatic carbocycles. The van der Waals surface area contributed by atoms with Crippen molar-refractivity contribution in [2.45, 2.75) is 62.4 Å². The molecule has 2 atom stereocenters. The van der Waals surface area contributed by atoms with Crippen LogP contribution in [0.5, 0.6) is 0 Å². The molecule has 2 aliphatic carbocycles. The van der Waals surface area contributed by atoms with Crippen LogP contribution in [0, 0.1) is 24.2 Å². The second-order valence-corrected chi connectivity index (χ2v) is 12.1. The first-order chi connectivity index (χ1) is 15.8. The second kappa shape index (κ2) is 8.17. The number of rotatable bonds is 8. The van der Waals surface area contributed by atoms with Gasteiger partial charge in [-0.2, -0.15) is 10.4 Å². The fraction of sp³-hybridized carbons (Fsp3) is 0.542. The number of nitrogens with one attached hydrogen (secondary N) is 1. The number of aromatic nitrogens is 2. The van der Waals surface area contributed by atoms with E-state index in [2.05, 4.69) is 16.5 Å². The maximum atomic E-state index is 13.3. The number of carbonyl (C=O) groups is 1. The maximum absolute atomic E-state index is 13.3. The van der Waals surface area contributed by atoms with E-state index in [1.54, 1.807) is 0 Å². The molecule has 33 heavy (non-hydrogen) atoms. The van der Waals surface area contributed by atoms with E-state index in [0.29, 0.717) is 19.4 Å². The standard InChI is InChI=1S/C24H29N5O3S/c1-17-11-22(29(27-17)13-18-5-3-2-4-6-18)28-14-20(33(31,32)15-19-7-8-19)12-21(28)23(30)26-24(16-25)9-10-24/h2-6,11,19-21H,7-10,12-15H2,1H3,(H,26,30)/t20-,21?/m1/s1. The normalized spacial score (nSPS) is 23.8. The Labute approximate surface area is 194 Å². The first kappa shape index (κ1) is 22.0. The van der Waals surface area contributed by atoms with Crippen LogP contribution in [-0.4, -0.2) is 53.2 Å². The summed E-state index contributed by atoms with van der Waals surface area (Å²) in [5, 5.41) is 16.4. The van der Waals surface area contributed by atoms with Gasteiger partial charge in [0.2, 0.25) is 5.91 Å². The quantitative estimate of drug-likeness (QED) is 0.638. The molecule has 1 N–H and O–H groups in total. The number of nitrogens with zero attached hydrogens (tertiary/aromatic N) is 4. The Morgan fingerprint density at radius 1 is 1.27 bits per heavy atom. The van der Waals surface area contributed by atoms with Crippen molar-refractivity contribution in [1.29, 1.82) is 5.26 Å². The Hall–Kier alpha value is -2.86. The molecule has 0 spiro atoms. The van der Waals surface area contributed by atoms with Gasteiger partial charge in [0.25, 0.3) is 0 Å². The van der Waals surface area contributed by atoms with Crippen molar-refractivity contribution in [2.75, 3.05) is 17.2 Å². The van der Waals surface area contributed by atoms with E-state index in [1.165, 1.54) is 0 Å². The highest BCUT2D eigenvalue weighted by molar-refractivity contribution is 7.92. The Morgan fingerprint density at radius 3 is 2.64 bits per heavy atom. The first-order valence-electron chi connectivity index (χ1n) is 11.6. The van der Waals surface area contributed by atoms with E-state index in [9.17, 15) is 18.5 Å². The van der Waals surface area contributed by atoms with Gasteiger partial charge in [-0.1, -0.05) is 30.3 Å². The number of amides is 1. The highest BCUT2D eigenvalue weighted by Gasteiger charge is 2.50. The van der Waals surface area contributed by atoms with Crippen LogP contribution in [0.4, 0.5) is 5.82 Å². The van der Waals surface area contributed by atoms with E-state index in [1.807, 2.05) is 52.9 Å². The lowest BCUT2D eigenvalue weighted by molar-refractivity contribution is -0.122. The fourth-order valence-corrected chi connectivity index (χ4v) is 6.78. The Kier molecular flexibility index (Phi) is 5.44. The summed E-state index contributed by atoms with van der Waals surface area (Å²) in [6.07, 6.45) is 3.44. The molecule has 5 rings (SSSR count). The third-order valence-electron chi connectivity index (χ3n) is 6.91. The molecule has 2 heterocycles. The number of hydrogen-bond acceptors (Lipinski definition) is 6. The van der Waals surface area contributed by atoms with Gasteiger partial charge in [-0.3, -0.25) is 4.79 Å². The molecule has 0 bridgehead atoms. The molecule has 3 fully saturated rings. The third-order valence-corrected chi connectivity index (χ3v) is 9.21. The van der Waals surface area contributed by atoms with E-state index in [-0.39, 0.29) is 30.5 Å². The minimum Gasteiger partial charge on any atom is -0.343 e. The van der Waals surface area contributed by atoms with Crippen molar-refractivity contribution in [3.63, 3.8) is 0 Å². The van der Waals surface area contributed by atoms with Crippen LogP contribution < -0.4 is 10.2 Å². The van der Waals surface area contributed by atoms with Crippen LogP contribution in [0.25, 0.3) is 0 Å². The Morgan fingerprint density at radius 2 is 2.00 bits per heavy atom. The number of aryl methyl sites for hydroxylation is 1. The number of anilines is 1. The summed E-state index contributed by atoms with van der Waals surface area (Å²) in [4.78, 5) is 15.2. The largest absolute Gasteiger partial charge is 0.343 e. The number of nitriles is 1. The van der Waals surface area contributed by atoms with Gasteiger partial charge in [-0.25, -0.2) is 13.1 Å². The van der Waals surface area contributed by atoms with Gasteiger partial charge >= 0.3 is 0 Å². The van der Waals surface area contributed by atoms with Crippen LogP contribution >= 0.6 is 0 Å². The van der Waals surface area contributed by atoms with Gasteiger partial charge in [0.05, 0.1) is 29.3 Å². The molecule has 3 aliphatic rings. The highest BCUT2D eigenvalue weighted by Crippen LogP contribution is 2.38. The lowest BCUT2D eigenvalue weighted by Gasteiger charge is -2.27. The molecule has 0 radical (unpaired) electrons. The number of benzene rings is 1. The average molecular weight is 468 g/mol. The molecule has 8 nitrogen and oxygen atoms in total. The molecule has 174 valence electrons. The summed E-state index contributed by atoms with van der Waals surface area (Å²) in [7, 11) is -3.32. The topological polar surface area (TPSA) is 108 Å². The highest BCUT2D eigenvalue weighted by atomic mass is 32.2. The predicted molar refractivity (Wildman–Crippen MR) is 124 cm³/mol. The molecule has 2 aromatic rings. The minimum atomic E-state index is -3.32. The first-order valence-corrected chi connectivity index (χ1v) is 13.3. The molecule has 1 amide bonds. The monoisotopic (exact) mass is 467 g/mol. The summed E-state index contributed by atoms with van der Waals surface area (Å²) in [5.74, 6) is 0.922. The van der Waals surface area contributed by atoms with E-state index >= 15 is 0 Å². The van der Waals surface area contributed by atoms with Gasteiger partial charge in [0.15, 0.2) is 9.84 Å². The van der Waals surface area contributed by atoms with Gasteiger partial charge in [0.1, 0.15) is 17.4 Å². The van der Waals surface area contributed by atoms with Crippen molar-refractivity contribution in [3.05, 3.63) is 47.7 Å². The van der Waals surface area contributed by atoms with Crippen LogP contribution in [0.3, 0.4) is 0 Å².